The van der Waals surface area contributed by atoms with Crippen LogP contribution in [0.2, 0.25) is 5.02 Å². The Morgan fingerprint density at radius 2 is 1.87 bits per heavy atom. The van der Waals surface area contributed by atoms with Crippen molar-refractivity contribution in [3.05, 3.63) is 59.0 Å². The molecule has 1 amide bonds. The van der Waals surface area contributed by atoms with Crippen LogP contribution in [-0.4, -0.2) is 55.2 Å². The molecule has 1 aliphatic carbocycles. The van der Waals surface area contributed by atoms with Gasteiger partial charge in [-0.3, -0.25) is 9.52 Å². The van der Waals surface area contributed by atoms with Crippen molar-refractivity contribution < 1.29 is 26.7 Å². The van der Waals surface area contributed by atoms with E-state index in [0.29, 0.717) is 34.2 Å². The summed E-state index contributed by atoms with van der Waals surface area (Å²) in [5.74, 6) is -2.25. The molecule has 0 bridgehead atoms. The number of carbonyl (C=O) groups excluding carboxylic acids is 1. The van der Waals surface area contributed by atoms with Crippen molar-refractivity contribution in [2.75, 3.05) is 34.3 Å². The van der Waals surface area contributed by atoms with E-state index in [1.54, 1.807) is 27.8 Å². The van der Waals surface area contributed by atoms with Crippen LogP contribution in [0.15, 0.2) is 42.7 Å². The van der Waals surface area contributed by atoms with E-state index in [-0.39, 0.29) is 29.9 Å². The second-order valence-corrected chi connectivity index (χ2v) is 11.9. The zero-order valence-electron chi connectivity index (χ0n) is 20.7. The number of pyridine rings is 1. The number of halogens is 3. The Hall–Kier alpha value is -3.38. The second-order valence-electron chi connectivity index (χ2n) is 9.70. The topological polar surface area (TPSA) is 106 Å². The van der Waals surface area contributed by atoms with Gasteiger partial charge in [0.1, 0.15) is 0 Å². The Kier molecular flexibility index (Phi) is 6.72. The highest BCUT2D eigenvalue weighted by Gasteiger charge is 2.44. The maximum atomic E-state index is 13.4. The van der Waals surface area contributed by atoms with Crippen LogP contribution in [0.25, 0.3) is 5.82 Å². The summed E-state index contributed by atoms with van der Waals surface area (Å²) >= 11 is 6.10. The predicted octanol–water partition coefficient (Wildman–Crippen LogP) is 4.84. The maximum Gasteiger partial charge on any atom is 0.282 e. The van der Waals surface area contributed by atoms with Crippen LogP contribution >= 0.6 is 11.6 Å². The van der Waals surface area contributed by atoms with Crippen LogP contribution in [0.1, 0.15) is 35.3 Å². The average Bonchev–Trinajstić information content (AvgIpc) is 3.14. The fourth-order valence-corrected chi connectivity index (χ4v) is 5.07. The first-order chi connectivity index (χ1) is 17.8. The van der Waals surface area contributed by atoms with Crippen molar-refractivity contribution in [3.63, 3.8) is 0 Å². The quantitative estimate of drug-likeness (QED) is 0.405. The second kappa shape index (κ2) is 9.73. The van der Waals surface area contributed by atoms with E-state index >= 15 is 0 Å². The van der Waals surface area contributed by atoms with Gasteiger partial charge in [-0.1, -0.05) is 11.6 Å². The molecule has 13 heteroatoms. The number of nitrogens with zero attached hydrogens (tertiary/aromatic N) is 3. The average molecular weight is 566 g/mol. The number of anilines is 3. The molecule has 1 saturated heterocycles. The number of benzene rings is 1. The molecule has 2 N–H and O–H groups in total. The molecular formula is C25H26ClF2N5O4S. The lowest BCUT2D eigenvalue weighted by Crippen LogP contribution is -2.56. The summed E-state index contributed by atoms with van der Waals surface area (Å²) < 4.78 is 60.2. The minimum Gasteiger partial charge on any atom is -0.486 e. The van der Waals surface area contributed by atoms with Crippen LogP contribution in [0, 0.1) is 6.92 Å². The molecule has 0 radical (unpaired) electrons. The zero-order chi connectivity index (χ0) is 27.2. The van der Waals surface area contributed by atoms with Crippen molar-refractivity contribution >= 4 is 44.6 Å². The van der Waals surface area contributed by atoms with Crippen LogP contribution in [-0.2, 0) is 10.0 Å². The zero-order valence-corrected chi connectivity index (χ0v) is 22.2. The third-order valence-electron chi connectivity index (χ3n) is 6.34. The first-order valence-electron chi connectivity index (χ1n) is 11.9. The van der Waals surface area contributed by atoms with Crippen LogP contribution in [0.5, 0.6) is 5.75 Å². The predicted molar refractivity (Wildman–Crippen MR) is 142 cm³/mol. The van der Waals surface area contributed by atoms with E-state index in [9.17, 15) is 22.0 Å². The molecule has 202 valence electrons. The summed E-state index contributed by atoms with van der Waals surface area (Å²) in [7, 11) is -3.53. The third-order valence-corrected chi connectivity index (χ3v) is 7.16. The molecule has 2 fully saturated rings. The molecule has 0 spiro atoms. The van der Waals surface area contributed by atoms with Gasteiger partial charge in [-0.2, -0.15) is 0 Å². The van der Waals surface area contributed by atoms with Gasteiger partial charge in [-0.05, 0) is 50.5 Å². The van der Waals surface area contributed by atoms with Crippen LogP contribution in [0.4, 0.5) is 25.8 Å². The molecule has 0 atom stereocenters. The van der Waals surface area contributed by atoms with Crippen LogP contribution in [0.3, 0.4) is 0 Å². The Bertz CT molecular complexity index is 1500. The van der Waals surface area contributed by atoms with E-state index in [1.807, 2.05) is 6.92 Å². The van der Waals surface area contributed by atoms with Crippen molar-refractivity contribution in [1.82, 2.24) is 9.55 Å². The first kappa shape index (κ1) is 26.2. The van der Waals surface area contributed by atoms with Crippen molar-refractivity contribution in [2.45, 2.75) is 38.2 Å². The Balaban J connectivity index is 1.40. The fraction of sp³-hybridized carbons (Fsp3) is 0.360. The lowest BCUT2D eigenvalue weighted by Gasteiger charge is -2.40. The molecule has 3 heterocycles. The summed E-state index contributed by atoms with van der Waals surface area (Å²) in [5, 5.41) is 2.97. The Labute approximate surface area is 223 Å². The fourth-order valence-electron chi connectivity index (χ4n) is 4.29. The SMILES string of the molecule is Cc1cc(C(=O)Nc2cc(Cl)cc(NS(C)(=O)=O)c2)cn1-c1ncc(N2CC(F)(F)C2)cc1OC1CCC1. The number of aromatic nitrogens is 2. The summed E-state index contributed by atoms with van der Waals surface area (Å²) in [6.45, 7) is 1.08. The summed E-state index contributed by atoms with van der Waals surface area (Å²) in [5.41, 5.74) is 2.10. The standard InChI is InChI=1S/C25H26ClF2N5O4S/c1-15-6-16(24(34)30-18-7-17(26)8-19(9-18)31-38(2,35)36)12-33(15)23-22(37-21-4-3-5-21)10-20(11-29-23)32-13-25(27,28)14-32/h6-12,21,31H,3-5,13-14H2,1-2H3,(H,30,34). The summed E-state index contributed by atoms with van der Waals surface area (Å²) in [6.07, 6.45) is 7.04. The van der Waals surface area contributed by atoms with Gasteiger partial charge in [-0.15, -0.1) is 0 Å². The number of alkyl halides is 2. The molecule has 1 saturated carbocycles. The molecule has 1 aliphatic heterocycles. The number of carbonyl (C=O) groups is 1. The van der Waals surface area contributed by atoms with Crippen molar-refractivity contribution in [1.29, 1.82) is 0 Å². The highest BCUT2D eigenvalue weighted by atomic mass is 35.5. The molecule has 2 aromatic heterocycles. The molecule has 38 heavy (non-hydrogen) atoms. The highest BCUT2D eigenvalue weighted by molar-refractivity contribution is 7.92. The number of rotatable bonds is 8. The highest BCUT2D eigenvalue weighted by Crippen LogP contribution is 2.37. The number of aryl methyl sites for hydroxylation is 1. The van der Waals surface area contributed by atoms with E-state index in [2.05, 4.69) is 15.0 Å². The van der Waals surface area contributed by atoms with Gasteiger partial charge in [0, 0.05) is 28.7 Å². The number of sulfonamides is 1. The van der Waals surface area contributed by atoms with Gasteiger partial charge in [-0.25, -0.2) is 22.2 Å². The number of hydrogen-bond donors (Lipinski definition) is 2. The monoisotopic (exact) mass is 565 g/mol. The number of nitrogens with one attached hydrogen (secondary N) is 2. The van der Waals surface area contributed by atoms with Gasteiger partial charge < -0.3 is 19.5 Å². The Morgan fingerprint density at radius 1 is 1.16 bits per heavy atom. The maximum absolute atomic E-state index is 13.4. The Morgan fingerprint density at radius 3 is 2.50 bits per heavy atom. The van der Waals surface area contributed by atoms with Gasteiger partial charge in [0.15, 0.2) is 11.6 Å². The van der Waals surface area contributed by atoms with Gasteiger partial charge in [0.25, 0.3) is 11.8 Å². The molecule has 5 rings (SSSR count). The molecule has 0 unspecified atom stereocenters. The third kappa shape index (κ3) is 5.86. The van der Waals surface area contributed by atoms with Crippen molar-refractivity contribution in [3.8, 4) is 11.6 Å². The first-order valence-corrected chi connectivity index (χ1v) is 14.2. The molecule has 9 nitrogen and oxygen atoms in total. The number of ether oxygens (including phenoxy) is 1. The lowest BCUT2D eigenvalue weighted by molar-refractivity contribution is -0.0263. The lowest BCUT2D eigenvalue weighted by atomic mass is 9.96. The summed E-state index contributed by atoms with van der Waals surface area (Å²) in [4.78, 5) is 19.1. The largest absolute Gasteiger partial charge is 0.486 e. The van der Waals surface area contributed by atoms with Gasteiger partial charge in [0.2, 0.25) is 10.0 Å². The molecule has 2 aliphatic rings. The molecule has 1 aromatic carbocycles. The minimum atomic E-state index is -3.53. The van der Waals surface area contributed by atoms with Gasteiger partial charge in [0.05, 0.1) is 48.6 Å². The van der Waals surface area contributed by atoms with E-state index < -0.39 is 21.9 Å². The smallest absolute Gasteiger partial charge is 0.282 e. The number of hydrogen-bond acceptors (Lipinski definition) is 6. The summed E-state index contributed by atoms with van der Waals surface area (Å²) in [6, 6.07) is 7.78. The van der Waals surface area contributed by atoms with Gasteiger partial charge >= 0.3 is 0 Å². The minimum absolute atomic E-state index is 0.0276. The van der Waals surface area contributed by atoms with E-state index in [4.69, 9.17) is 16.3 Å². The van der Waals surface area contributed by atoms with Crippen molar-refractivity contribution in [2.24, 2.45) is 0 Å². The normalized spacial score (nSPS) is 16.9. The van der Waals surface area contributed by atoms with Crippen LogP contribution < -0.4 is 19.7 Å². The number of amides is 1. The van der Waals surface area contributed by atoms with E-state index in [1.165, 1.54) is 24.4 Å². The molecular weight excluding hydrogens is 540 g/mol. The van der Waals surface area contributed by atoms with E-state index in [0.717, 1.165) is 25.5 Å². The molecule has 3 aromatic rings.